The summed E-state index contributed by atoms with van der Waals surface area (Å²) in [6.45, 7) is 0. The molecule has 420 valence electrons. The summed E-state index contributed by atoms with van der Waals surface area (Å²) in [5.74, 6) is -4.30. The molecule has 0 spiro atoms. The first-order valence-corrected chi connectivity index (χ1v) is 30.6. The van der Waals surface area contributed by atoms with E-state index < -0.39 is 102 Å². The third-order valence-electron chi connectivity index (χ3n) is 10.9. The Morgan fingerprint density at radius 3 is 0.887 bits per heavy atom. The Balaban J connectivity index is 1.12. The van der Waals surface area contributed by atoms with Crippen LogP contribution in [0.25, 0.3) is 12.2 Å². The molecule has 2 aliphatic rings. The predicted molar refractivity (Wildman–Crippen MR) is 292 cm³/mol. The lowest BCUT2D eigenvalue weighted by atomic mass is 10.1. The fourth-order valence-electron chi connectivity index (χ4n) is 7.30. The molecule has 2 atom stereocenters. The summed E-state index contributed by atoms with van der Waals surface area (Å²) in [7, 11) is -28.6. The van der Waals surface area contributed by atoms with Gasteiger partial charge in [-0.1, -0.05) is 24.3 Å². The molecule has 0 bridgehead atoms. The maximum Gasteiger partial charge on any atom is 0.313 e. The Kier molecular flexibility index (Phi) is 15.7. The SMILES string of the molecule is O=S(=O)(O)c1ccc(NC2=NC(Nc3ccc(S(=O)(=O)O)cc3)(Nc3ccc(/C=C/c4ccc(NC5(Nc6ccc(S(=O)(=O)O)cc6)N=CNC(Nc6ccc(S(=O)(=O)O)cc6)=N5)cc4S(=O)(=O)O)c(S(=O)(=O)O)c3)N=CN2)cc1. The molecule has 36 heteroatoms. The minimum absolute atomic E-state index is 0.0822. The highest BCUT2D eigenvalue weighted by molar-refractivity contribution is 7.87. The molecule has 30 nitrogen and oxygen atoms in total. The zero-order valence-electron chi connectivity index (χ0n) is 39.8. The second-order valence-corrected chi connectivity index (χ2v) is 25.1. The molecule has 0 saturated carbocycles. The summed E-state index contributed by atoms with van der Waals surface area (Å²) < 4.78 is 204. The summed E-state index contributed by atoms with van der Waals surface area (Å²) >= 11 is 0. The average molecular weight is 1220 g/mol. The normalized spacial score (nSPS) is 17.8. The predicted octanol–water partition coefficient (Wildman–Crippen LogP) is 3.81. The molecular weight excluding hydrogens is 1180 g/mol. The van der Waals surface area contributed by atoms with Crippen molar-refractivity contribution >= 4 is 132 Å². The van der Waals surface area contributed by atoms with Crippen LogP contribution in [0.3, 0.4) is 0 Å². The highest BCUT2D eigenvalue weighted by atomic mass is 32.2. The van der Waals surface area contributed by atoms with Crippen molar-refractivity contribution in [2.45, 2.75) is 41.2 Å². The van der Waals surface area contributed by atoms with Gasteiger partial charge in [0.15, 0.2) is 0 Å². The molecule has 80 heavy (non-hydrogen) atoms. The van der Waals surface area contributed by atoms with Crippen molar-refractivity contribution in [1.82, 2.24) is 10.6 Å². The summed E-state index contributed by atoms with van der Waals surface area (Å²) in [5, 5.41) is 22.8. The number of hydrogen-bond donors (Lipinski definition) is 14. The lowest BCUT2D eigenvalue weighted by Crippen LogP contribution is -2.50. The Morgan fingerprint density at radius 1 is 0.350 bits per heavy atom. The van der Waals surface area contributed by atoms with Gasteiger partial charge in [-0.05, 0) is 132 Å². The molecular formula is C44H40N12O18S6. The number of nitrogens with one attached hydrogen (secondary N) is 8. The quantitative estimate of drug-likeness (QED) is 0.0330. The van der Waals surface area contributed by atoms with Crippen LogP contribution in [-0.2, 0) is 60.7 Å². The maximum atomic E-state index is 13.0. The second-order valence-electron chi connectivity index (χ2n) is 16.6. The van der Waals surface area contributed by atoms with Crippen molar-refractivity contribution in [2.24, 2.45) is 20.0 Å². The van der Waals surface area contributed by atoms with Crippen LogP contribution >= 0.6 is 0 Å². The molecule has 0 radical (unpaired) electrons. The number of rotatable bonds is 18. The van der Waals surface area contributed by atoms with E-state index in [-0.39, 0.29) is 57.2 Å². The lowest BCUT2D eigenvalue weighted by molar-refractivity contribution is 0.480. The van der Waals surface area contributed by atoms with Crippen LogP contribution in [0.1, 0.15) is 11.1 Å². The molecule has 2 aliphatic heterocycles. The van der Waals surface area contributed by atoms with E-state index in [9.17, 15) is 77.8 Å². The van der Waals surface area contributed by atoms with Crippen LogP contribution in [0.2, 0.25) is 0 Å². The van der Waals surface area contributed by atoms with E-state index in [2.05, 4.69) is 62.5 Å². The Morgan fingerprint density at radius 2 is 0.613 bits per heavy atom. The summed E-state index contributed by atoms with van der Waals surface area (Å²) in [5.41, 5.74) is 0.0111. The van der Waals surface area contributed by atoms with Crippen LogP contribution < -0.4 is 42.5 Å². The van der Waals surface area contributed by atoms with Crippen molar-refractivity contribution in [3.05, 3.63) is 145 Å². The molecule has 0 saturated heterocycles. The van der Waals surface area contributed by atoms with Gasteiger partial charge >= 0.3 is 11.8 Å². The smallest absolute Gasteiger partial charge is 0.313 e. The van der Waals surface area contributed by atoms with Crippen molar-refractivity contribution < 1.29 is 77.8 Å². The van der Waals surface area contributed by atoms with Crippen LogP contribution in [0.4, 0.5) is 34.1 Å². The topological polar surface area (TPSA) is 472 Å². The van der Waals surface area contributed by atoms with E-state index in [4.69, 9.17) is 0 Å². The first-order chi connectivity index (χ1) is 37.2. The van der Waals surface area contributed by atoms with Crippen molar-refractivity contribution in [3.63, 3.8) is 0 Å². The minimum atomic E-state index is -5.15. The Bertz CT molecular complexity index is 4010. The number of aliphatic imine (C=N–C) groups is 4. The first kappa shape index (κ1) is 57.8. The van der Waals surface area contributed by atoms with E-state index >= 15 is 0 Å². The number of hydrogen-bond acceptors (Lipinski definition) is 24. The Labute approximate surface area is 455 Å². The molecule has 14 N–H and O–H groups in total. The zero-order chi connectivity index (χ0) is 58.1. The molecule has 0 amide bonds. The van der Waals surface area contributed by atoms with Gasteiger partial charge < -0.3 is 42.5 Å². The number of guanidine groups is 2. The van der Waals surface area contributed by atoms with Gasteiger partial charge in [0.25, 0.3) is 60.7 Å². The van der Waals surface area contributed by atoms with Crippen LogP contribution in [0, 0.1) is 0 Å². The molecule has 8 rings (SSSR count). The fourth-order valence-corrected chi connectivity index (χ4v) is 10.6. The van der Waals surface area contributed by atoms with Crippen LogP contribution in [-0.4, -0.2) is 114 Å². The van der Waals surface area contributed by atoms with Gasteiger partial charge in [0.05, 0.1) is 32.3 Å². The van der Waals surface area contributed by atoms with Crippen LogP contribution in [0.15, 0.2) is 183 Å². The zero-order valence-corrected chi connectivity index (χ0v) is 44.7. The van der Waals surface area contributed by atoms with Gasteiger partial charge in [0.2, 0.25) is 11.9 Å². The van der Waals surface area contributed by atoms with Crippen molar-refractivity contribution in [3.8, 4) is 0 Å². The third kappa shape index (κ3) is 14.4. The molecule has 2 heterocycles. The lowest BCUT2D eigenvalue weighted by Gasteiger charge is -2.33. The molecule has 0 aliphatic carbocycles. The molecule has 6 aromatic rings. The number of anilines is 6. The van der Waals surface area contributed by atoms with Crippen molar-refractivity contribution in [2.75, 3.05) is 31.9 Å². The van der Waals surface area contributed by atoms with Gasteiger partial charge in [-0.25, -0.2) is 9.98 Å². The second kappa shape index (κ2) is 21.7. The third-order valence-corrected chi connectivity index (χ3v) is 16.2. The molecule has 2 unspecified atom stereocenters. The van der Waals surface area contributed by atoms with Gasteiger partial charge in [0.1, 0.15) is 9.79 Å². The first-order valence-electron chi connectivity index (χ1n) is 21.9. The van der Waals surface area contributed by atoms with Gasteiger partial charge in [-0.3, -0.25) is 27.3 Å². The standard InChI is InChI=1S/C44H40N12O18S6/c57-75(58,59)35-15-7-29(8-16-35)49-41-45-25-47-43(55-41,51-31-11-19-37(20-12-31)77(63,64)65)53-33-5-3-27(39(23-33)79(69,70)71)1-2-28-4-6-34(24-40(28)80(72,73)74)54-44(52-32-13-21-38(22-14-32)78(66,67)68)48-26-46-42(56-44)50-30-9-17-36(18-10-30)76(60,61)62/h1-26,51-54H,(H,57,58,59)(H,60,61,62)(H,63,64,65)(H,66,67,68)(H,69,70,71)(H,72,73,74)(H2,45,47,49,55)(H2,46,48,50,56)/b2-1+. The van der Waals surface area contributed by atoms with Crippen LogP contribution in [0.5, 0.6) is 0 Å². The number of nitrogens with zero attached hydrogens (tertiary/aromatic N) is 4. The largest absolute Gasteiger partial charge is 0.326 e. The average Bonchev–Trinajstić information content (AvgIpc) is 3.42. The van der Waals surface area contributed by atoms with E-state index in [0.717, 1.165) is 85.5 Å². The maximum absolute atomic E-state index is 13.0. The van der Waals surface area contributed by atoms with E-state index in [1.807, 2.05) is 0 Å². The van der Waals surface area contributed by atoms with Gasteiger partial charge in [-0.2, -0.15) is 60.5 Å². The molecule has 6 aromatic carbocycles. The number of benzene rings is 6. The fraction of sp³-hybridized carbons (Fsp3) is 0.0455. The summed E-state index contributed by atoms with van der Waals surface area (Å²) in [6.07, 6.45) is 4.44. The molecule has 0 aromatic heterocycles. The van der Waals surface area contributed by atoms with Gasteiger partial charge in [-0.15, -0.1) is 0 Å². The summed E-state index contributed by atoms with van der Waals surface area (Å²) in [6, 6.07) is 25.5. The highest BCUT2D eigenvalue weighted by Gasteiger charge is 2.35. The summed E-state index contributed by atoms with van der Waals surface area (Å²) in [4.78, 5) is 14.4. The Hall–Kier alpha value is -8.40. The van der Waals surface area contributed by atoms with E-state index in [1.165, 1.54) is 72.8 Å². The minimum Gasteiger partial charge on any atom is -0.326 e. The van der Waals surface area contributed by atoms with Crippen molar-refractivity contribution in [1.29, 1.82) is 0 Å². The van der Waals surface area contributed by atoms with E-state index in [1.54, 1.807) is 0 Å². The monoisotopic (exact) mass is 1220 g/mol. The van der Waals surface area contributed by atoms with Gasteiger partial charge in [0, 0.05) is 34.1 Å². The van der Waals surface area contributed by atoms with E-state index in [0.29, 0.717) is 0 Å². The highest BCUT2D eigenvalue weighted by Crippen LogP contribution is 2.32. The molecule has 0 fully saturated rings.